The van der Waals surface area contributed by atoms with Gasteiger partial charge in [0, 0.05) is 13.1 Å². The van der Waals surface area contributed by atoms with Crippen molar-refractivity contribution in [1.29, 1.82) is 0 Å². The number of hydrogen-bond donors (Lipinski definition) is 1. The molecule has 82 valence electrons. The van der Waals surface area contributed by atoms with Crippen LogP contribution in [0.2, 0.25) is 0 Å². The summed E-state index contributed by atoms with van der Waals surface area (Å²) >= 11 is 0. The summed E-state index contributed by atoms with van der Waals surface area (Å²) in [5, 5.41) is 9.80. The average Bonchev–Trinajstić information content (AvgIpc) is 2.27. The number of nitrogens with zero attached hydrogens (tertiary/aromatic N) is 1. The van der Waals surface area contributed by atoms with E-state index in [1.165, 1.54) is 0 Å². The molecule has 0 amide bonds. The zero-order valence-corrected chi connectivity index (χ0v) is 9.36. The van der Waals surface area contributed by atoms with Gasteiger partial charge in [-0.05, 0) is 33.6 Å². The van der Waals surface area contributed by atoms with Crippen LogP contribution in [0, 0.1) is 0 Å². The van der Waals surface area contributed by atoms with E-state index in [0.29, 0.717) is 0 Å². The van der Waals surface area contributed by atoms with Crippen LogP contribution in [-0.2, 0) is 4.74 Å². The van der Waals surface area contributed by atoms with Crippen LogP contribution >= 0.6 is 0 Å². The molecule has 3 nitrogen and oxygen atoms in total. The first-order chi connectivity index (χ1) is 6.49. The summed E-state index contributed by atoms with van der Waals surface area (Å²) in [4.78, 5) is 1.94. The van der Waals surface area contributed by atoms with E-state index in [1.54, 1.807) is 0 Å². The molecule has 0 fully saturated rings. The minimum Gasteiger partial charge on any atom is -0.356 e. The number of aliphatic hydroxyl groups excluding tert-OH is 1. The summed E-state index contributed by atoms with van der Waals surface area (Å²) in [5.74, 6) is 0. The maximum atomic E-state index is 9.80. The Balaban J connectivity index is 2.42. The molecule has 0 aliphatic carbocycles. The molecule has 1 unspecified atom stereocenters. The Morgan fingerprint density at radius 2 is 2.07 bits per heavy atom. The highest BCUT2D eigenvalue weighted by molar-refractivity contribution is 4.88. The largest absolute Gasteiger partial charge is 0.356 e. The molecule has 0 radical (unpaired) electrons. The topological polar surface area (TPSA) is 32.7 Å². The SMILES string of the molecule is CC(C)(C)OC(O)N1CC=CCCC1. The Morgan fingerprint density at radius 1 is 1.36 bits per heavy atom. The molecule has 1 rings (SSSR count). The van der Waals surface area contributed by atoms with Crippen LogP contribution in [0.4, 0.5) is 0 Å². The smallest absolute Gasteiger partial charge is 0.216 e. The second-order valence-corrected chi connectivity index (χ2v) is 4.67. The van der Waals surface area contributed by atoms with Crippen LogP contribution in [0.15, 0.2) is 12.2 Å². The fourth-order valence-electron chi connectivity index (χ4n) is 1.42. The van der Waals surface area contributed by atoms with Gasteiger partial charge in [-0.25, -0.2) is 0 Å². The summed E-state index contributed by atoms with van der Waals surface area (Å²) in [6.07, 6.45) is 5.64. The summed E-state index contributed by atoms with van der Waals surface area (Å²) in [7, 11) is 0. The van der Waals surface area contributed by atoms with Crippen LogP contribution in [0.25, 0.3) is 0 Å². The van der Waals surface area contributed by atoms with Gasteiger partial charge in [-0.15, -0.1) is 0 Å². The lowest BCUT2D eigenvalue weighted by Crippen LogP contribution is -2.42. The van der Waals surface area contributed by atoms with Gasteiger partial charge in [0.15, 0.2) is 0 Å². The van der Waals surface area contributed by atoms with Crippen LogP contribution < -0.4 is 0 Å². The lowest BCUT2D eigenvalue weighted by molar-refractivity contribution is -0.236. The molecule has 0 aromatic heterocycles. The minimum atomic E-state index is -0.780. The lowest BCUT2D eigenvalue weighted by atomic mass is 10.2. The molecule has 0 saturated carbocycles. The van der Waals surface area contributed by atoms with Crippen molar-refractivity contribution in [3.63, 3.8) is 0 Å². The van der Waals surface area contributed by atoms with E-state index in [9.17, 15) is 5.11 Å². The quantitative estimate of drug-likeness (QED) is 0.543. The molecule has 1 atom stereocenters. The van der Waals surface area contributed by atoms with Crippen molar-refractivity contribution >= 4 is 0 Å². The zero-order valence-electron chi connectivity index (χ0n) is 9.36. The van der Waals surface area contributed by atoms with Crippen molar-refractivity contribution in [3.05, 3.63) is 12.2 Å². The van der Waals surface area contributed by atoms with Crippen molar-refractivity contribution in [1.82, 2.24) is 4.90 Å². The number of ether oxygens (including phenoxy) is 1. The molecule has 14 heavy (non-hydrogen) atoms. The van der Waals surface area contributed by atoms with Gasteiger partial charge in [-0.3, -0.25) is 4.90 Å². The molecular formula is C11H21NO2. The first-order valence-corrected chi connectivity index (χ1v) is 5.24. The normalized spacial score (nSPS) is 22.0. The van der Waals surface area contributed by atoms with E-state index < -0.39 is 6.41 Å². The van der Waals surface area contributed by atoms with E-state index in [4.69, 9.17) is 4.74 Å². The minimum absolute atomic E-state index is 0.296. The summed E-state index contributed by atoms with van der Waals surface area (Å²) in [6.45, 7) is 7.51. The molecule has 1 N–H and O–H groups in total. The third-order valence-corrected chi connectivity index (χ3v) is 2.09. The Kier molecular flexibility index (Phi) is 4.11. The van der Waals surface area contributed by atoms with Gasteiger partial charge in [0.05, 0.1) is 5.60 Å². The second kappa shape index (κ2) is 4.91. The molecule has 0 bridgehead atoms. The summed E-state index contributed by atoms with van der Waals surface area (Å²) < 4.78 is 5.48. The highest BCUT2D eigenvalue weighted by Gasteiger charge is 2.22. The third kappa shape index (κ3) is 4.22. The van der Waals surface area contributed by atoms with E-state index in [-0.39, 0.29) is 5.60 Å². The lowest BCUT2D eigenvalue weighted by Gasteiger charge is -2.31. The number of rotatable bonds is 2. The molecule has 0 aromatic rings. The van der Waals surface area contributed by atoms with Gasteiger partial charge >= 0.3 is 0 Å². The number of hydrogen-bond acceptors (Lipinski definition) is 3. The fourth-order valence-corrected chi connectivity index (χ4v) is 1.42. The fraction of sp³-hybridized carbons (Fsp3) is 0.818. The highest BCUT2D eigenvalue weighted by Crippen LogP contribution is 2.14. The van der Waals surface area contributed by atoms with E-state index in [1.807, 2.05) is 25.7 Å². The van der Waals surface area contributed by atoms with Gasteiger partial charge in [-0.1, -0.05) is 12.2 Å². The van der Waals surface area contributed by atoms with Crippen molar-refractivity contribution in [3.8, 4) is 0 Å². The van der Waals surface area contributed by atoms with Crippen molar-refractivity contribution < 1.29 is 9.84 Å². The standard InChI is InChI=1S/C11H21NO2/c1-11(2,3)14-10(13)12-8-6-4-5-7-9-12/h4,6,10,13H,5,7-9H2,1-3H3. The molecular weight excluding hydrogens is 178 g/mol. The van der Waals surface area contributed by atoms with Crippen molar-refractivity contribution in [2.45, 2.75) is 45.6 Å². The van der Waals surface area contributed by atoms with Gasteiger partial charge in [0.25, 0.3) is 0 Å². The highest BCUT2D eigenvalue weighted by atomic mass is 16.6. The van der Waals surface area contributed by atoms with Crippen molar-refractivity contribution in [2.24, 2.45) is 0 Å². The molecule has 3 heteroatoms. The predicted molar refractivity (Wildman–Crippen MR) is 56.8 cm³/mol. The third-order valence-electron chi connectivity index (χ3n) is 2.09. The maximum absolute atomic E-state index is 9.80. The van der Waals surface area contributed by atoms with Crippen LogP contribution in [-0.4, -0.2) is 35.1 Å². The van der Waals surface area contributed by atoms with Gasteiger partial charge < -0.3 is 9.84 Å². The van der Waals surface area contributed by atoms with E-state index in [0.717, 1.165) is 25.9 Å². The van der Waals surface area contributed by atoms with Gasteiger partial charge in [0.2, 0.25) is 6.41 Å². The summed E-state index contributed by atoms with van der Waals surface area (Å²) in [5.41, 5.74) is -0.296. The Hall–Kier alpha value is -0.380. The van der Waals surface area contributed by atoms with Crippen molar-refractivity contribution in [2.75, 3.05) is 13.1 Å². The number of allylic oxidation sites excluding steroid dienone is 1. The molecule has 1 aliphatic heterocycles. The van der Waals surface area contributed by atoms with E-state index in [2.05, 4.69) is 12.2 Å². The Bertz CT molecular complexity index is 196. The molecule has 1 heterocycles. The Morgan fingerprint density at radius 3 is 2.71 bits per heavy atom. The second-order valence-electron chi connectivity index (χ2n) is 4.67. The monoisotopic (exact) mass is 199 g/mol. The molecule has 0 aromatic carbocycles. The first kappa shape index (κ1) is 11.7. The zero-order chi connectivity index (χ0) is 10.6. The average molecular weight is 199 g/mol. The molecule has 1 aliphatic rings. The van der Waals surface area contributed by atoms with Crippen LogP contribution in [0.5, 0.6) is 0 Å². The van der Waals surface area contributed by atoms with Crippen LogP contribution in [0.3, 0.4) is 0 Å². The van der Waals surface area contributed by atoms with Crippen LogP contribution in [0.1, 0.15) is 33.6 Å². The van der Waals surface area contributed by atoms with E-state index >= 15 is 0 Å². The molecule has 0 saturated heterocycles. The number of aliphatic hydroxyl groups is 1. The van der Waals surface area contributed by atoms with Gasteiger partial charge in [-0.2, -0.15) is 0 Å². The predicted octanol–water partition coefficient (Wildman–Crippen LogP) is 1.73. The first-order valence-electron chi connectivity index (χ1n) is 5.24. The maximum Gasteiger partial charge on any atom is 0.216 e. The molecule has 0 spiro atoms. The Labute approximate surface area is 86.4 Å². The van der Waals surface area contributed by atoms with Gasteiger partial charge in [0.1, 0.15) is 0 Å². The summed E-state index contributed by atoms with van der Waals surface area (Å²) in [6, 6.07) is 0.